The summed E-state index contributed by atoms with van der Waals surface area (Å²) < 4.78 is 41.8. The van der Waals surface area contributed by atoms with E-state index in [2.05, 4.69) is 15.1 Å². The molecule has 0 N–H and O–H groups in total. The number of benzene rings is 1. The van der Waals surface area contributed by atoms with Crippen LogP contribution in [0.15, 0.2) is 47.6 Å². The summed E-state index contributed by atoms with van der Waals surface area (Å²) >= 11 is 0. The molecule has 1 aromatic carbocycles. The van der Waals surface area contributed by atoms with Crippen LogP contribution in [-0.2, 0) is 10.0 Å². The third-order valence-electron chi connectivity index (χ3n) is 4.88. The number of halogens is 1. The molecule has 29 heavy (non-hydrogen) atoms. The van der Waals surface area contributed by atoms with Gasteiger partial charge in [-0.25, -0.2) is 27.5 Å². The lowest BCUT2D eigenvalue weighted by molar-refractivity contribution is 0.383. The summed E-state index contributed by atoms with van der Waals surface area (Å²) in [4.78, 5) is 10.8. The van der Waals surface area contributed by atoms with E-state index in [0.29, 0.717) is 32.0 Å². The molecule has 0 unspecified atom stereocenters. The number of hydrogen-bond donors (Lipinski definition) is 0. The monoisotopic (exact) mass is 416 g/mol. The molecular formula is C19H21FN6O2S. The summed E-state index contributed by atoms with van der Waals surface area (Å²) in [5.74, 6) is 0.930. The maximum Gasteiger partial charge on any atom is 0.243 e. The Bertz CT molecular complexity index is 1120. The quantitative estimate of drug-likeness (QED) is 0.646. The second-order valence-electron chi connectivity index (χ2n) is 6.92. The second-order valence-corrected chi connectivity index (χ2v) is 8.86. The molecule has 0 bridgehead atoms. The summed E-state index contributed by atoms with van der Waals surface area (Å²) in [6.45, 7) is 5.51. The highest BCUT2D eigenvalue weighted by atomic mass is 32.2. The summed E-state index contributed by atoms with van der Waals surface area (Å²) in [5, 5.41) is 4.44. The van der Waals surface area contributed by atoms with Gasteiger partial charge in [0.25, 0.3) is 0 Å². The van der Waals surface area contributed by atoms with Gasteiger partial charge in [0.1, 0.15) is 18.0 Å². The third kappa shape index (κ3) is 3.85. The Morgan fingerprint density at radius 3 is 2.21 bits per heavy atom. The van der Waals surface area contributed by atoms with Gasteiger partial charge < -0.3 is 4.90 Å². The molecule has 0 amide bonds. The summed E-state index contributed by atoms with van der Waals surface area (Å²) in [5.41, 5.74) is 1.88. The average molecular weight is 416 g/mol. The molecule has 1 aliphatic rings. The highest BCUT2D eigenvalue weighted by Gasteiger charge is 2.29. The third-order valence-corrected chi connectivity index (χ3v) is 6.79. The first kappa shape index (κ1) is 19.5. The fourth-order valence-electron chi connectivity index (χ4n) is 3.40. The second kappa shape index (κ2) is 7.53. The highest BCUT2D eigenvalue weighted by Crippen LogP contribution is 2.21. The average Bonchev–Trinajstić information content (AvgIpc) is 3.06. The van der Waals surface area contributed by atoms with Gasteiger partial charge in [-0.05, 0) is 44.2 Å². The van der Waals surface area contributed by atoms with E-state index in [0.717, 1.165) is 29.3 Å². The van der Waals surface area contributed by atoms with E-state index in [-0.39, 0.29) is 4.90 Å². The number of nitrogens with zero attached hydrogens (tertiary/aromatic N) is 6. The maximum absolute atomic E-state index is 13.1. The van der Waals surface area contributed by atoms with Gasteiger partial charge in [0.05, 0.1) is 10.6 Å². The van der Waals surface area contributed by atoms with Crippen molar-refractivity contribution >= 4 is 15.8 Å². The number of aryl methyl sites for hydroxylation is 2. The summed E-state index contributed by atoms with van der Waals surface area (Å²) in [7, 11) is -3.65. The molecule has 152 valence electrons. The van der Waals surface area contributed by atoms with Crippen molar-refractivity contribution in [3.63, 3.8) is 0 Å². The van der Waals surface area contributed by atoms with Gasteiger partial charge in [-0.15, -0.1) is 0 Å². The summed E-state index contributed by atoms with van der Waals surface area (Å²) in [6, 6.07) is 8.73. The van der Waals surface area contributed by atoms with Crippen LogP contribution in [0.1, 0.15) is 11.4 Å². The van der Waals surface area contributed by atoms with E-state index in [9.17, 15) is 12.8 Å². The van der Waals surface area contributed by atoms with Crippen LogP contribution in [0.3, 0.4) is 0 Å². The molecule has 0 spiro atoms. The van der Waals surface area contributed by atoms with Crippen molar-refractivity contribution in [3.8, 4) is 5.82 Å². The van der Waals surface area contributed by atoms with Crippen molar-refractivity contribution in [2.24, 2.45) is 0 Å². The van der Waals surface area contributed by atoms with Gasteiger partial charge in [0.15, 0.2) is 5.82 Å². The number of sulfonamides is 1. The molecule has 1 fully saturated rings. The van der Waals surface area contributed by atoms with Gasteiger partial charge in [-0.2, -0.15) is 9.40 Å². The Balaban J connectivity index is 1.49. The van der Waals surface area contributed by atoms with Crippen LogP contribution in [0, 0.1) is 19.7 Å². The van der Waals surface area contributed by atoms with Gasteiger partial charge >= 0.3 is 0 Å². The maximum atomic E-state index is 13.1. The van der Waals surface area contributed by atoms with Gasteiger partial charge in [-0.1, -0.05) is 0 Å². The van der Waals surface area contributed by atoms with Crippen molar-refractivity contribution < 1.29 is 12.8 Å². The minimum atomic E-state index is -3.65. The zero-order valence-corrected chi connectivity index (χ0v) is 17.0. The molecule has 0 saturated carbocycles. The van der Waals surface area contributed by atoms with Crippen molar-refractivity contribution in [1.29, 1.82) is 0 Å². The van der Waals surface area contributed by atoms with Gasteiger partial charge in [-0.3, -0.25) is 0 Å². The fraction of sp³-hybridized carbons (Fsp3) is 0.316. The molecule has 10 heteroatoms. The molecule has 1 saturated heterocycles. The summed E-state index contributed by atoms with van der Waals surface area (Å²) in [6.07, 6.45) is 1.49. The normalized spacial score (nSPS) is 15.6. The van der Waals surface area contributed by atoms with Crippen LogP contribution in [0.4, 0.5) is 10.2 Å². The Labute approximate surface area is 168 Å². The van der Waals surface area contributed by atoms with Gasteiger partial charge in [0.2, 0.25) is 10.0 Å². The zero-order chi connectivity index (χ0) is 20.6. The van der Waals surface area contributed by atoms with Crippen molar-refractivity contribution in [1.82, 2.24) is 24.1 Å². The molecule has 0 aliphatic carbocycles. The minimum absolute atomic E-state index is 0.0983. The van der Waals surface area contributed by atoms with E-state index in [4.69, 9.17) is 0 Å². The van der Waals surface area contributed by atoms with Crippen LogP contribution in [0.5, 0.6) is 0 Å². The molecule has 3 aromatic rings. The van der Waals surface area contributed by atoms with E-state index in [1.165, 1.54) is 22.8 Å². The number of aromatic nitrogens is 4. The first-order valence-corrected chi connectivity index (χ1v) is 10.6. The van der Waals surface area contributed by atoms with Crippen molar-refractivity contribution in [2.45, 2.75) is 18.7 Å². The Morgan fingerprint density at radius 2 is 1.59 bits per heavy atom. The van der Waals surface area contributed by atoms with Gasteiger partial charge in [0, 0.05) is 37.9 Å². The Hall–Kier alpha value is -2.85. The smallest absolute Gasteiger partial charge is 0.243 e. The van der Waals surface area contributed by atoms with Crippen molar-refractivity contribution in [3.05, 3.63) is 59.9 Å². The minimum Gasteiger partial charge on any atom is -0.354 e. The highest BCUT2D eigenvalue weighted by molar-refractivity contribution is 7.89. The number of piperazine rings is 1. The van der Waals surface area contributed by atoms with Crippen molar-refractivity contribution in [2.75, 3.05) is 31.1 Å². The van der Waals surface area contributed by atoms with E-state index in [1.54, 1.807) is 4.68 Å². The molecule has 0 atom stereocenters. The molecule has 2 aromatic heterocycles. The molecule has 3 heterocycles. The molecular weight excluding hydrogens is 395 g/mol. The van der Waals surface area contributed by atoms with Crippen LogP contribution in [0.25, 0.3) is 5.82 Å². The molecule has 4 rings (SSSR count). The topological polar surface area (TPSA) is 84.2 Å². The molecule has 1 aliphatic heterocycles. The van der Waals surface area contributed by atoms with Crippen LogP contribution in [0.2, 0.25) is 0 Å². The lowest BCUT2D eigenvalue weighted by atomic mass is 10.3. The SMILES string of the molecule is Cc1cc(C)n(-c2cc(N3CCN(S(=O)(=O)c4ccc(F)cc4)CC3)ncn2)n1. The van der Waals surface area contributed by atoms with Crippen LogP contribution >= 0.6 is 0 Å². The first-order valence-electron chi connectivity index (χ1n) is 9.21. The van der Waals surface area contributed by atoms with E-state index >= 15 is 0 Å². The Kier molecular flexibility index (Phi) is 5.05. The molecule has 0 radical (unpaired) electrons. The van der Waals surface area contributed by atoms with E-state index < -0.39 is 15.8 Å². The largest absolute Gasteiger partial charge is 0.354 e. The van der Waals surface area contributed by atoms with E-state index in [1.807, 2.05) is 30.9 Å². The fourth-order valence-corrected chi connectivity index (χ4v) is 4.82. The zero-order valence-electron chi connectivity index (χ0n) is 16.2. The lowest BCUT2D eigenvalue weighted by Crippen LogP contribution is -2.49. The lowest BCUT2D eigenvalue weighted by Gasteiger charge is -2.34. The Morgan fingerprint density at radius 1 is 0.931 bits per heavy atom. The number of anilines is 1. The predicted octanol–water partition coefficient (Wildman–Crippen LogP) is 1.93. The molecule has 8 nitrogen and oxygen atoms in total. The predicted molar refractivity (Wildman–Crippen MR) is 106 cm³/mol. The van der Waals surface area contributed by atoms with Crippen LogP contribution < -0.4 is 4.90 Å². The standard InChI is InChI=1S/C19H21FN6O2S/c1-14-11-15(2)26(23-14)19-12-18(21-13-22-19)24-7-9-25(10-8-24)29(27,28)17-5-3-16(20)4-6-17/h3-6,11-13H,7-10H2,1-2H3. The number of rotatable bonds is 4. The van der Waals surface area contributed by atoms with Crippen LogP contribution in [-0.4, -0.2) is 58.7 Å². The number of hydrogen-bond acceptors (Lipinski definition) is 6. The first-order chi connectivity index (χ1) is 13.8.